The summed E-state index contributed by atoms with van der Waals surface area (Å²) in [4.78, 5) is 13.3. The summed E-state index contributed by atoms with van der Waals surface area (Å²) in [5, 5.41) is 7.40. The Balaban J connectivity index is 1.64. The van der Waals surface area contributed by atoms with E-state index in [0.717, 1.165) is 4.90 Å². The molecule has 0 fully saturated rings. The standard InChI is InChI=1S/C14H14N2O3S/c1-8(13-16-15-9(2)19-13)18-14(17)12-7-10-5-3-4-6-11(10)20-12/h3-6,8,12H,7H2,1-2H3/t8-,12-/m1/s1. The quantitative estimate of drug-likeness (QED) is 0.810. The predicted molar refractivity (Wildman–Crippen MR) is 73.3 cm³/mol. The van der Waals surface area contributed by atoms with Crippen molar-refractivity contribution in [2.24, 2.45) is 0 Å². The number of aryl methyl sites for hydroxylation is 1. The molecule has 0 saturated heterocycles. The molecule has 1 aliphatic rings. The van der Waals surface area contributed by atoms with Gasteiger partial charge in [-0.15, -0.1) is 22.0 Å². The molecular weight excluding hydrogens is 276 g/mol. The van der Waals surface area contributed by atoms with Crippen LogP contribution in [0.15, 0.2) is 33.6 Å². The third kappa shape index (κ3) is 2.56. The Labute approximate surface area is 120 Å². The van der Waals surface area contributed by atoms with Gasteiger partial charge in [0.1, 0.15) is 5.25 Å². The summed E-state index contributed by atoms with van der Waals surface area (Å²) in [5.41, 5.74) is 1.20. The van der Waals surface area contributed by atoms with Crippen molar-refractivity contribution >= 4 is 17.7 Å². The number of carbonyl (C=O) groups excluding carboxylic acids is 1. The highest BCUT2D eigenvalue weighted by Gasteiger charge is 2.31. The Bertz CT molecular complexity index is 616. The van der Waals surface area contributed by atoms with Crippen molar-refractivity contribution in [3.63, 3.8) is 0 Å². The lowest BCUT2D eigenvalue weighted by Crippen LogP contribution is -2.21. The van der Waals surface area contributed by atoms with Crippen LogP contribution in [0.2, 0.25) is 0 Å². The molecule has 2 heterocycles. The second-order valence-electron chi connectivity index (χ2n) is 4.66. The number of carbonyl (C=O) groups is 1. The second-order valence-corrected chi connectivity index (χ2v) is 5.90. The molecule has 0 N–H and O–H groups in total. The lowest BCUT2D eigenvalue weighted by atomic mass is 10.1. The van der Waals surface area contributed by atoms with Gasteiger partial charge in [-0.25, -0.2) is 0 Å². The van der Waals surface area contributed by atoms with Gasteiger partial charge < -0.3 is 9.15 Å². The molecule has 2 atom stereocenters. The van der Waals surface area contributed by atoms with E-state index in [0.29, 0.717) is 18.2 Å². The summed E-state index contributed by atoms with van der Waals surface area (Å²) in [6, 6.07) is 8.03. The van der Waals surface area contributed by atoms with E-state index in [1.807, 2.05) is 24.3 Å². The maximum atomic E-state index is 12.2. The maximum Gasteiger partial charge on any atom is 0.320 e. The molecule has 0 aliphatic carbocycles. The van der Waals surface area contributed by atoms with Crippen molar-refractivity contribution in [3.8, 4) is 0 Å². The molecule has 5 nitrogen and oxygen atoms in total. The SMILES string of the molecule is Cc1nnc([C@@H](C)OC(=O)[C@H]2Cc3ccccc3S2)o1. The smallest absolute Gasteiger partial charge is 0.320 e. The fraction of sp³-hybridized carbons (Fsp3) is 0.357. The van der Waals surface area contributed by atoms with Crippen LogP contribution in [0.25, 0.3) is 0 Å². The van der Waals surface area contributed by atoms with Gasteiger partial charge in [0, 0.05) is 11.8 Å². The van der Waals surface area contributed by atoms with E-state index in [1.54, 1.807) is 25.6 Å². The Morgan fingerprint density at radius 1 is 1.45 bits per heavy atom. The van der Waals surface area contributed by atoms with Gasteiger partial charge in [0.05, 0.1) is 0 Å². The molecule has 0 bridgehead atoms. The van der Waals surface area contributed by atoms with Gasteiger partial charge in [0.15, 0.2) is 6.10 Å². The fourth-order valence-electron chi connectivity index (χ4n) is 2.09. The highest BCUT2D eigenvalue weighted by molar-refractivity contribution is 8.01. The zero-order chi connectivity index (χ0) is 14.1. The molecule has 3 rings (SSSR count). The molecule has 20 heavy (non-hydrogen) atoms. The number of ether oxygens (including phenoxy) is 1. The monoisotopic (exact) mass is 290 g/mol. The Morgan fingerprint density at radius 3 is 2.95 bits per heavy atom. The van der Waals surface area contributed by atoms with E-state index in [2.05, 4.69) is 10.2 Å². The third-order valence-electron chi connectivity index (χ3n) is 3.09. The van der Waals surface area contributed by atoms with Gasteiger partial charge >= 0.3 is 5.97 Å². The number of hydrogen-bond donors (Lipinski definition) is 0. The first-order valence-electron chi connectivity index (χ1n) is 6.38. The lowest BCUT2D eigenvalue weighted by Gasteiger charge is -2.12. The molecule has 1 aliphatic heterocycles. The number of aromatic nitrogens is 2. The molecule has 1 aromatic carbocycles. The topological polar surface area (TPSA) is 65.2 Å². The zero-order valence-electron chi connectivity index (χ0n) is 11.2. The average Bonchev–Trinajstić information content (AvgIpc) is 3.04. The van der Waals surface area contributed by atoms with E-state index < -0.39 is 6.10 Å². The van der Waals surface area contributed by atoms with Gasteiger partial charge in [0.25, 0.3) is 5.89 Å². The number of rotatable bonds is 3. The van der Waals surface area contributed by atoms with Crippen LogP contribution in [0.5, 0.6) is 0 Å². The van der Waals surface area contributed by atoms with Crippen LogP contribution in [0.4, 0.5) is 0 Å². The van der Waals surface area contributed by atoms with Crippen molar-refractivity contribution < 1.29 is 13.9 Å². The minimum absolute atomic E-state index is 0.195. The molecule has 2 aromatic rings. The average molecular weight is 290 g/mol. The molecule has 0 amide bonds. The second kappa shape index (κ2) is 5.28. The van der Waals surface area contributed by atoms with Gasteiger partial charge in [-0.1, -0.05) is 18.2 Å². The molecule has 6 heteroatoms. The van der Waals surface area contributed by atoms with Crippen LogP contribution in [-0.2, 0) is 16.0 Å². The summed E-state index contributed by atoms with van der Waals surface area (Å²) in [6.07, 6.45) is 0.183. The molecule has 0 unspecified atom stereocenters. The lowest BCUT2D eigenvalue weighted by molar-refractivity contribution is -0.148. The van der Waals surface area contributed by atoms with Crippen LogP contribution in [0.1, 0.15) is 30.4 Å². The molecule has 104 valence electrons. The van der Waals surface area contributed by atoms with Gasteiger partial charge in [0.2, 0.25) is 5.89 Å². The van der Waals surface area contributed by atoms with Crippen molar-refractivity contribution in [1.82, 2.24) is 10.2 Å². The van der Waals surface area contributed by atoms with Crippen LogP contribution in [0.3, 0.4) is 0 Å². The van der Waals surface area contributed by atoms with E-state index in [-0.39, 0.29) is 11.2 Å². The van der Waals surface area contributed by atoms with Crippen LogP contribution >= 0.6 is 11.8 Å². The maximum absolute atomic E-state index is 12.2. The summed E-state index contributed by atoms with van der Waals surface area (Å²) < 4.78 is 10.7. The first-order chi connectivity index (χ1) is 9.63. The third-order valence-corrected chi connectivity index (χ3v) is 4.39. The van der Waals surface area contributed by atoms with E-state index in [4.69, 9.17) is 9.15 Å². The Hall–Kier alpha value is -1.82. The first kappa shape index (κ1) is 13.2. The largest absolute Gasteiger partial charge is 0.452 e. The molecule has 0 radical (unpaired) electrons. The first-order valence-corrected chi connectivity index (χ1v) is 7.26. The molecule has 0 saturated carbocycles. The Kier molecular flexibility index (Phi) is 3.48. The number of thioether (sulfide) groups is 1. The van der Waals surface area contributed by atoms with Crippen LogP contribution in [0, 0.1) is 6.92 Å². The number of esters is 1. The molecular formula is C14H14N2O3S. The minimum Gasteiger partial charge on any atom is -0.452 e. The van der Waals surface area contributed by atoms with E-state index >= 15 is 0 Å². The summed E-state index contributed by atoms with van der Waals surface area (Å²) >= 11 is 1.55. The van der Waals surface area contributed by atoms with Gasteiger partial charge in [-0.2, -0.15) is 0 Å². The normalized spacial score (nSPS) is 18.6. The Morgan fingerprint density at radius 2 is 2.25 bits per heavy atom. The van der Waals surface area contributed by atoms with Crippen molar-refractivity contribution in [3.05, 3.63) is 41.6 Å². The zero-order valence-corrected chi connectivity index (χ0v) is 12.0. The van der Waals surface area contributed by atoms with Crippen LogP contribution in [-0.4, -0.2) is 21.4 Å². The van der Waals surface area contributed by atoms with E-state index in [1.165, 1.54) is 5.56 Å². The number of benzene rings is 1. The molecule has 0 spiro atoms. The predicted octanol–water partition coefficient (Wildman–Crippen LogP) is 2.70. The number of hydrogen-bond acceptors (Lipinski definition) is 6. The minimum atomic E-state index is -0.520. The van der Waals surface area contributed by atoms with Crippen molar-refractivity contribution in [2.75, 3.05) is 0 Å². The van der Waals surface area contributed by atoms with Crippen molar-refractivity contribution in [1.29, 1.82) is 0 Å². The van der Waals surface area contributed by atoms with Gasteiger partial charge in [-0.05, 0) is 25.0 Å². The van der Waals surface area contributed by atoms with E-state index in [9.17, 15) is 4.79 Å². The highest BCUT2D eigenvalue weighted by atomic mass is 32.2. The number of nitrogens with zero attached hydrogens (tertiary/aromatic N) is 2. The number of fused-ring (bicyclic) bond motifs is 1. The van der Waals surface area contributed by atoms with Crippen molar-refractivity contribution in [2.45, 2.75) is 36.5 Å². The molecule has 1 aromatic heterocycles. The van der Waals surface area contributed by atoms with Gasteiger partial charge in [-0.3, -0.25) is 4.79 Å². The summed E-state index contributed by atoms with van der Waals surface area (Å²) in [7, 11) is 0. The highest BCUT2D eigenvalue weighted by Crippen LogP contribution is 2.37. The summed E-state index contributed by atoms with van der Waals surface area (Å²) in [5.74, 6) is 0.552. The summed E-state index contributed by atoms with van der Waals surface area (Å²) in [6.45, 7) is 3.44. The fourth-order valence-corrected chi connectivity index (χ4v) is 3.27. The van der Waals surface area contributed by atoms with Crippen LogP contribution < -0.4 is 0 Å².